The number of rotatable bonds is 7. The maximum atomic E-state index is 12.8. The molecule has 0 spiro atoms. The third-order valence-electron chi connectivity index (χ3n) is 5.00. The lowest BCUT2D eigenvalue weighted by molar-refractivity contribution is -0.122. The summed E-state index contributed by atoms with van der Waals surface area (Å²) < 4.78 is 12.6. The second kappa shape index (κ2) is 8.33. The fourth-order valence-corrected chi connectivity index (χ4v) is 3.17. The topological polar surface area (TPSA) is 94.5 Å². The molecule has 2 N–H and O–H groups in total. The molecule has 2 aromatic rings. The summed E-state index contributed by atoms with van der Waals surface area (Å²) in [5, 5.41) is 10.0. The predicted octanol–water partition coefficient (Wildman–Crippen LogP) is 3.22. The highest BCUT2D eigenvalue weighted by molar-refractivity contribution is 6.06. The molecule has 1 aliphatic rings. The first-order chi connectivity index (χ1) is 13.5. The van der Waals surface area contributed by atoms with Gasteiger partial charge >= 0.3 is 0 Å². The minimum absolute atomic E-state index is 0.00849. The number of carbonyl (C=O) groups is 2. The van der Waals surface area contributed by atoms with E-state index < -0.39 is 0 Å². The summed E-state index contributed by atoms with van der Waals surface area (Å²) in [4.78, 5) is 25.1. The summed E-state index contributed by atoms with van der Waals surface area (Å²) in [6.45, 7) is 4.63. The molecule has 0 radical (unpaired) electrons. The van der Waals surface area contributed by atoms with Crippen LogP contribution in [-0.2, 0) is 11.3 Å². The Labute approximate surface area is 164 Å². The van der Waals surface area contributed by atoms with Gasteiger partial charge in [0.15, 0.2) is 17.3 Å². The number of nitrogens with zero attached hydrogens (tertiary/aromatic N) is 2. The van der Waals surface area contributed by atoms with Crippen LogP contribution in [0.15, 0.2) is 18.2 Å². The van der Waals surface area contributed by atoms with E-state index >= 15 is 0 Å². The zero-order chi connectivity index (χ0) is 20.3. The van der Waals surface area contributed by atoms with Crippen molar-refractivity contribution in [1.29, 1.82) is 0 Å². The lowest BCUT2D eigenvalue weighted by Gasteiger charge is -2.25. The van der Waals surface area contributed by atoms with E-state index in [0.29, 0.717) is 28.6 Å². The largest absolute Gasteiger partial charge is 0.493 e. The second-order valence-electron chi connectivity index (χ2n) is 6.82. The number of aryl methyl sites for hydroxylation is 2. The number of amides is 2. The molecule has 1 heterocycles. The predicted molar refractivity (Wildman–Crippen MR) is 106 cm³/mol. The highest BCUT2D eigenvalue weighted by Gasteiger charge is 2.27. The number of aromatic nitrogens is 2. The van der Waals surface area contributed by atoms with Crippen LogP contribution in [0.3, 0.4) is 0 Å². The molecule has 1 aromatic carbocycles. The molecule has 3 rings (SSSR count). The summed E-state index contributed by atoms with van der Waals surface area (Å²) in [6, 6.07) is 4.98. The molecule has 0 atom stereocenters. The van der Waals surface area contributed by atoms with Crippen LogP contribution >= 0.6 is 0 Å². The SMILES string of the molecule is CCn1nc(NC(=O)c2cc(NC(=O)C3CCC3)c(OC)c(OC)c2)cc1C. The number of ether oxygens (including phenoxy) is 2. The lowest BCUT2D eigenvalue weighted by atomic mass is 9.85. The smallest absolute Gasteiger partial charge is 0.257 e. The van der Waals surface area contributed by atoms with E-state index in [4.69, 9.17) is 9.47 Å². The Bertz CT molecular complexity index is 887. The molecule has 1 saturated carbocycles. The van der Waals surface area contributed by atoms with Crippen molar-refractivity contribution in [2.75, 3.05) is 24.9 Å². The van der Waals surface area contributed by atoms with Crippen LogP contribution in [0.25, 0.3) is 0 Å². The van der Waals surface area contributed by atoms with E-state index in [9.17, 15) is 9.59 Å². The number of benzene rings is 1. The van der Waals surface area contributed by atoms with Crippen molar-refractivity contribution in [2.24, 2.45) is 5.92 Å². The van der Waals surface area contributed by atoms with Crippen LogP contribution in [0.4, 0.5) is 11.5 Å². The van der Waals surface area contributed by atoms with E-state index in [1.807, 2.05) is 13.8 Å². The number of nitrogens with one attached hydrogen (secondary N) is 2. The summed E-state index contributed by atoms with van der Waals surface area (Å²) in [5.74, 6) is 0.822. The molecule has 28 heavy (non-hydrogen) atoms. The molecule has 2 amide bonds. The van der Waals surface area contributed by atoms with Gasteiger partial charge in [-0.2, -0.15) is 5.10 Å². The van der Waals surface area contributed by atoms with Crippen LogP contribution in [0.1, 0.15) is 42.2 Å². The zero-order valence-electron chi connectivity index (χ0n) is 16.7. The van der Waals surface area contributed by atoms with Crippen molar-refractivity contribution in [1.82, 2.24) is 9.78 Å². The Hall–Kier alpha value is -3.03. The third kappa shape index (κ3) is 3.95. The first-order valence-electron chi connectivity index (χ1n) is 9.39. The van der Waals surface area contributed by atoms with Gasteiger partial charge in [-0.15, -0.1) is 0 Å². The van der Waals surface area contributed by atoms with Crippen molar-refractivity contribution in [3.8, 4) is 11.5 Å². The van der Waals surface area contributed by atoms with Crippen LogP contribution < -0.4 is 20.1 Å². The molecule has 1 aromatic heterocycles. The Morgan fingerprint density at radius 2 is 1.93 bits per heavy atom. The van der Waals surface area contributed by atoms with Gasteiger partial charge in [-0.25, -0.2) is 0 Å². The van der Waals surface area contributed by atoms with Gasteiger partial charge in [0, 0.05) is 29.8 Å². The lowest BCUT2D eigenvalue weighted by Crippen LogP contribution is -2.28. The molecule has 150 valence electrons. The van der Waals surface area contributed by atoms with E-state index in [0.717, 1.165) is 31.5 Å². The summed E-state index contributed by atoms with van der Waals surface area (Å²) in [6.07, 6.45) is 2.82. The van der Waals surface area contributed by atoms with Gasteiger partial charge in [-0.05, 0) is 38.8 Å². The number of carbonyl (C=O) groups excluding carboxylic acids is 2. The molecule has 0 unspecified atom stereocenters. The normalized spacial score (nSPS) is 13.6. The number of hydrogen-bond donors (Lipinski definition) is 2. The Balaban J connectivity index is 1.87. The molecule has 0 aliphatic heterocycles. The van der Waals surface area contributed by atoms with Gasteiger partial charge in [-0.1, -0.05) is 6.42 Å². The van der Waals surface area contributed by atoms with Gasteiger partial charge in [0.2, 0.25) is 5.91 Å². The molecular formula is C20H26N4O4. The number of methoxy groups -OCH3 is 2. The fourth-order valence-electron chi connectivity index (χ4n) is 3.17. The van der Waals surface area contributed by atoms with Crippen molar-refractivity contribution in [3.05, 3.63) is 29.5 Å². The summed E-state index contributed by atoms with van der Waals surface area (Å²) in [7, 11) is 2.99. The Morgan fingerprint density at radius 1 is 1.18 bits per heavy atom. The zero-order valence-corrected chi connectivity index (χ0v) is 16.7. The molecule has 0 saturated heterocycles. The minimum Gasteiger partial charge on any atom is -0.493 e. The highest BCUT2D eigenvalue weighted by atomic mass is 16.5. The highest BCUT2D eigenvalue weighted by Crippen LogP contribution is 2.38. The van der Waals surface area contributed by atoms with Crippen LogP contribution in [0.2, 0.25) is 0 Å². The quantitative estimate of drug-likeness (QED) is 0.762. The first kappa shape index (κ1) is 19.7. The van der Waals surface area contributed by atoms with Crippen LogP contribution in [-0.4, -0.2) is 35.8 Å². The Morgan fingerprint density at radius 3 is 2.46 bits per heavy atom. The minimum atomic E-state index is -0.346. The van der Waals surface area contributed by atoms with Gasteiger partial charge < -0.3 is 20.1 Å². The van der Waals surface area contributed by atoms with Gasteiger partial charge in [0.25, 0.3) is 5.91 Å². The van der Waals surface area contributed by atoms with Gasteiger partial charge in [-0.3, -0.25) is 14.3 Å². The van der Waals surface area contributed by atoms with Crippen molar-refractivity contribution in [3.63, 3.8) is 0 Å². The average Bonchev–Trinajstić information content (AvgIpc) is 2.98. The maximum absolute atomic E-state index is 12.8. The standard InChI is InChI=1S/C20H26N4O4/c1-5-24-12(2)9-17(23-24)22-20(26)14-10-15(18(28-4)16(11-14)27-3)21-19(25)13-7-6-8-13/h9-11,13H,5-8H2,1-4H3,(H,21,25)(H,22,23,26). The fraction of sp³-hybridized carbons (Fsp3) is 0.450. The average molecular weight is 386 g/mol. The molecular weight excluding hydrogens is 360 g/mol. The molecule has 0 bridgehead atoms. The first-order valence-corrected chi connectivity index (χ1v) is 9.39. The van der Waals surface area contributed by atoms with E-state index in [-0.39, 0.29) is 17.7 Å². The van der Waals surface area contributed by atoms with Crippen molar-refractivity contribution < 1.29 is 19.1 Å². The van der Waals surface area contributed by atoms with Crippen LogP contribution in [0, 0.1) is 12.8 Å². The van der Waals surface area contributed by atoms with Gasteiger partial charge in [0.1, 0.15) is 0 Å². The maximum Gasteiger partial charge on any atom is 0.257 e. The number of hydrogen-bond acceptors (Lipinski definition) is 5. The van der Waals surface area contributed by atoms with Crippen molar-refractivity contribution in [2.45, 2.75) is 39.7 Å². The van der Waals surface area contributed by atoms with Crippen molar-refractivity contribution >= 4 is 23.3 Å². The summed E-state index contributed by atoms with van der Waals surface area (Å²) in [5.41, 5.74) is 1.71. The molecule has 8 heteroatoms. The van der Waals surface area contributed by atoms with E-state index in [2.05, 4.69) is 15.7 Å². The Kier molecular flexibility index (Phi) is 5.87. The second-order valence-corrected chi connectivity index (χ2v) is 6.82. The summed E-state index contributed by atoms with van der Waals surface area (Å²) >= 11 is 0. The molecule has 1 aliphatic carbocycles. The van der Waals surface area contributed by atoms with Gasteiger partial charge in [0.05, 0.1) is 19.9 Å². The molecule has 8 nitrogen and oxygen atoms in total. The monoisotopic (exact) mass is 386 g/mol. The molecule has 1 fully saturated rings. The van der Waals surface area contributed by atoms with E-state index in [1.165, 1.54) is 14.2 Å². The van der Waals surface area contributed by atoms with E-state index in [1.54, 1.807) is 22.9 Å². The number of anilines is 2. The third-order valence-corrected chi connectivity index (χ3v) is 5.00. The van der Waals surface area contributed by atoms with Crippen LogP contribution in [0.5, 0.6) is 11.5 Å².